The van der Waals surface area contributed by atoms with Gasteiger partial charge in [-0.25, -0.2) is 4.79 Å². The van der Waals surface area contributed by atoms with Crippen molar-refractivity contribution in [3.05, 3.63) is 0 Å². The maximum Gasteiger partial charge on any atom is 0.410 e. The molecule has 1 amide bonds. The molecule has 0 saturated carbocycles. The van der Waals surface area contributed by atoms with E-state index in [1.165, 1.54) is 0 Å². The summed E-state index contributed by atoms with van der Waals surface area (Å²) >= 11 is 0. The Morgan fingerprint density at radius 2 is 1.65 bits per heavy atom. The molecule has 0 heterocycles. The zero-order valence-corrected chi connectivity index (χ0v) is 17.7. The number of hydrogen-bond donors (Lipinski definition) is 1. The van der Waals surface area contributed by atoms with Crippen molar-refractivity contribution in [2.24, 2.45) is 5.73 Å². The fourth-order valence-electron chi connectivity index (χ4n) is 1.85. The molecule has 5 nitrogen and oxygen atoms in total. The highest BCUT2D eigenvalue weighted by Crippen LogP contribution is 2.37. The smallest absolute Gasteiger partial charge is 0.410 e. The summed E-state index contributed by atoms with van der Waals surface area (Å²) in [6, 6.07) is 0. The van der Waals surface area contributed by atoms with Crippen molar-refractivity contribution in [2.75, 3.05) is 19.6 Å². The Bertz CT molecular complexity index is 373. The van der Waals surface area contributed by atoms with Gasteiger partial charge in [-0.3, -0.25) is 0 Å². The molecular formula is C17H38N2O3Si. The lowest BCUT2D eigenvalue weighted by Crippen LogP contribution is -2.45. The number of nitrogens with zero attached hydrogens (tertiary/aromatic N) is 1. The van der Waals surface area contributed by atoms with E-state index in [1.807, 2.05) is 20.8 Å². The number of rotatable bonds is 7. The van der Waals surface area contributed by atoms with E-state index in [4.69, 9.17) is 14.9 Å². The van der Waals surface area contributed by atoms with Crippen molar-refractivity contribution < 1.29 is 14.0 Å². The van der Waals surface area contributed by atoms with Crippen molar-refractivity contribution in [1.29, 1.82) is 0 Å². The molecule has 0 spiro atoms. The first-order chi connectivity index (χ1) is 10.2. The Balaban J connectivity index is 4.61. The van der Waals surface area contributed by atoms with E-state index in [0.717, 1.165) is 6.42 Å². The Hall–Kier alpha value is -0.593. The first kappa shape index (κ1) is 22.4. The molecule has 0 unspecified atom stereocenters. The lowest BCUT2D eigenvalue weighted by Gasteiger charge is -2.39. The lowest BCUT2D eigenvalue weighted by molar-refractivity contribution is 0.0234. The minimum Gasteiger partial charge on any atom is -0.444 e. The predicted octanol–water partition coefficient (Wildman–Crippen LogP) is 3.98. The maximum atomic E-state index is 12.2. The third kappa shape index (κ3) is 8.72. The summed E-state index contributed by atoms with van der Waals surface area (Å²) in [5.41, 5.74) is 5.13. The highest BCUT2D eigenvalue weighted by Gasteiger charge is 2.38. The van der Waals surface area contributed by atoms with E-state index in [0.29, 0.717) is 19.6 Å². The monoisotopic (exact) mass is 346 g/mol. The van der Waals surface area contributed by atoms with Crippen molar-refractivity contribution in [2.45, 2.75) is 84.7 Å². The fraction of sp³-hybridized carbons (Fsp3) is 0.941. The minimum absolute atomic E-state index is 0.110. The second-order valence-electron chi connectivity index (χ2n) is 8.73. The third-order valence-corrected chi connectivity index (χ3v) is 8.76. The molecular weight excluding hydrogens is 308 g/mol. The van der Waals surface area contributed by atoms with Crippen LogP contribution >= 0.6 is 0 Å². The van der Waals surface area contributed by atoms with Gasteiger partial charge in [0, 0.05) is 25.7 Å². The quantitative estimate of drug-likeness (QED) is 0.708. The van der Waals surface area contributed by atoms with Gasteiger partial charge in [0.05, 0.1) is 0 Å². The van der Waals surface area contributed by atoms with E-state index >= 15 is 0 Å². The third-order valence-electron chi connectivity index (χ3n) is 4.16. The molecule has 1 atom stereocenters. The van der Waals surface area contributed by atoms with Crippen LogP contribution < -0.4 is 5.73 Å². The number of nitrogens with two attached hydrogens (primary N) is 1. The fourth-order valence-corrected chi connectivity index (χ4v) is 3.33. The summed E-state index contributed by atoms with van der Waals surface area (Å²) in [7, 11) is -1.78. The largest absolute Gasteiger partial charge is 0.444 e. The number of carbonyl (C=O) groups is 1. The summed E-state index contributed by atoms with van der Waals surface area (Å²) in [4.78, 5) is 13.9. The van der Waals surface area contributed by atoms with Gasteiger partial charge in [0.25, 0.3) is 0 Å². The van der Waals surface area contributed by atoms with Crippen LogP contribution in [0.15, 0.2) is 0 Å². The lowest BCUT2D eigenvalue weighted by atomic mass is 10.2. The van der Waals surface area contributed by atoms with E-state index in [2.05, 4.69) is 40.8 Å². The van der Waals surface area contributed by atoms with Crippen molar-refractivity contribution in [3.63, 3.8) is 0 Å². The Morgan fingerprint density at radius 3 is 2.04 bits per heavy atom. The van der Waals surface area contributed by atoms with Gasteiger partial charge in [0.15, 0.2) is 8.32 Å². The maximum absolute atomic E-state index is 12.2. The molecule has 6 heteroatoms. The molecule has 0 radical (unpaired) electrons. The molecule has 0 fully saturated rings. The summed E-state index contributed by atoms with van der Waals surface area (Å²) < 4.78 is 11.8. The van der Waals surface area contributed by atoms with Crippen LogP contribution in [0.2, 0.25) is 18.1 Å². The van der Waals surface area contributed by atoms with Crippen molar-refractivity contribution >= 4 is 14.4 Å². The molecule has 0 aromatic heterocycles. The SMILES string of the molecule is C[C@@H](CCN(CCN)C(=O)OC(C)(C)C)O[Si](C)(C)C(C)(C)C. The first-order valence-electron chi connectivity index (χ1n) is 8.55. The van der Waals surface area contributed by atoms with Crippen LogP contribution in [0, 0.1) is 0 Å². The van der Waals surface area contributed by atoms with Gasteiger partial charge < -0.3 is 19.8 Å². The molecule has 0 aliphatic heterocycles. The van der Waals surface area contributed by atoms with Crippen LogP contribution in [-0.2, 0) is 9.16 Å². The second kappa shape index (κ2) is 8.49. The van der Waals surface area contributed by atoms with E-state index < -0.39 is 13.9 Å². The van der Waals surface area contributed by atoms with Gasteiger partial charge in [-0.15, -0.1) is 0 Å². The number of amides is 1. The van der Waals surface area contributed by atoms with Crippen molar-refractivity contribution in [1.82, 2.24) is 4.90 Å². The number of hydrogen-bond acceptors (Lipinski definition) is 4. The van der Waals surface area contributed by atoms with Gasteiger partial charge in [-0.2, -0.15) is 0 Å². The number of ether oxygens (including phenoxy) is 1. The first-order valence-corrected chi connectivity index (χ1v) is 11.5. The number of carbonyl (C=O) groups excluding carboxylic acids is 1. The van der Waals surface area contributed by atoms with Crippen LogP contribution in [-0.4, -0.2) is 50.6 Å². The van der Waals surface area contributed by atoms with Crippen molar-refractivity contribution in [3.8, 4) is 0 Å². The van der Waals surface area contributed by atoms with Crippen LogP contribution in [0.5, 0.6) is 0 Å². The van der Waals surface area contributed by atoms with E-state index in [9.17, 15) is 4.79 Å². The van der Waals surface area contributed by atoms with E-state index in [1.54, 1.807) is 4.90 Å². The van der Waals surface area contributed by atoms with Gasteiger partial charge >= 0.3 is 6.09 Å². The van der Waals surface area contributed by atoms with Gasteiger partial charge in [-0.1, -0.05) is 20.8 Å². The highest BCUT2D eigenvalue weighted by atomic mass is 28.4. The van der Waals surface area contributed by atoms with E-state index in [-0.39, 0.29) is 17.2 Å². The van der Waals surface area contributed by atoms with Crippen LogP contribution in [0.4, 0.5) is 4.79 Å². The minimum atomic E-state index is -1.78. The topological polar surface area (TPSA) is 64.8 Å². The molecule has 0 aliphatic carbocycles. The molecule has 0 aromatic carbocycles. The zero-order chi connectivity index (χ0) is 18.5. The summed E-state index contributed by atoms with van der Waals surface area (Å²) in [5, 5.41) is 0.184. The summed E-state index contributed by atoms with van der Waals surface area (Å²) in [6.45, 7) is 20.4. The standard InChI is InChI=1S/C17H38N2O3Si/c1-14(22-23(8,9)17(5,6)7)10-12-19(13-11-18)15(20)21-16(2,3)4/h14H,10-13,18H2,1-9H3/t14-/m0/s1. The highest BCUT2D eigenvalue weighted by molar-refractivity contribution is 6.74. The van der Waals surface area contributed by atoms with Crippen LogP contribution in [0.25, 0.3) is 0 Å². The second-order valence-corrected chi connectivity index (χ2v) is 13.5. The average Bonchev–Trinajstić information content (AvgIpc) is 2.29. The Kier molecular flexibility index (Phi) is 8.27. The molecule has 23 heavy (non-hydrogen) atoms. The van der Waals surface area contributed by atoms with Gasteiger partial charge in [-0.05, 0) is 52.2 Å². The van der Waals surface area contributed by atoms with Gasteiger partial charge in [0.2, 0.25) is 0 Å². The molecule has 0 bridgehead atoms. The van der Waals surface area contributed by atoms with Crippen LogP contribution in [0.3, 0.4) is 0 Å². The molecule has 0 aromatic rings. The normalized spacial score (nSPS) is 14.5. The molecule has 0 rings (SSSR count). The molecule has 138 valence electrons. The Labute approximate surface area is 144 Å². The van der Waals surface area contributed by atoms with Gasteiger partial charge in [0.1, 0.15) is 5.60 Å². The average molecular weight is 347 g/mol. The zero-order valence-electron chi connectivity index (χ0n) is 16.7. The summed E-state index contributed by atoms with van der Waals surface area (Å²) in [5.74, 6) is 0. The van der Waals surface area contributed by atoms with Crippen LogP contribution in [0.1, 0.15) is 54.9 Å². The molecule has 0 saturated heterocycles. The Morgan fingerprint density at radius 1 is 1.13 bits per heavy atom. The summed E-state index contributed by atoms with van der Waals surface area (Å²) in [6.07, 6.45) is 0.590. The molecule has 2 N–H and O–H groups in total. The predicted molar refractivity (Wildman–Crippen MR) is 99.2 cm³/mol. The molecule has 0 aliphatic rings.